The van der Waals surface area contributed by atoms with Crippen molar-refractivity contribution in [2.45, 2.75) is 37.4 Å². The van der Waals surface area contributed by atoms with E-state index in [1.807, 2.05) is 19.1 Å². The zero-order valence-corrected chi connectivity index (χ0v) is 18.7. The summed E-state index contributed by atoms with van der Waals surface area (Å²) in [5.74, 6) is 2.10. The van der Waals surface area contributed by atoms with Crippen molar-refractivity contribution in [3.05, 3.63) is 68.4 Å². The summed E-state index contributed by atoms with van der Waals surface area (Å²) in [7, 11) is 0. The number of thioether (sulfide) groups is 1. The van der Waals surface area contributed by atoms with E-state index in [-0.39, 0.29) is 6.10 Å². The van der Waals surface area contributed by atoms with Crippen LogP contribution in [0.1, 0.15) is 31.3 Å². The van der Waals surface area contributed by atoms with Crippen molar-refractivity contribution < 1.29 is 4.74 Å². The van der Waals surface area contributed by atoms with Crippen molar-refractivity contribution in [2.24, 2.45) is 0 Å². The van der Waals surface area contributed by atoms with Crippen LogP contribution in [0.15, 0.2) is 52.1 Å². The number of nitrogens with zero attached hydrogens (tertiary/aromatic N) is 3. The van der Waals surface area contributed by atoms with Gasteiger partial charge in [0.2, 0.25) is 0 Å². The van der Waals surface area contributed by atoms with Gasteiger partial charge in [0, 0.05) is 27.9 Å². The Morgan fingerprint density at radius 2 is 2.00 bits per heavy atom. The Kier molecular flexibility index (Phi) is 7.09. The molecule has 2 aromatic carbocycles. The number of aromatic nitrogens is 3. The van der Waals surface area contributed by atoms with E-state index in [4.69, 9.17) is 27.9 Å². The first-order valence-corrected chi connectivity index (χ1v) is 10.9. The lowest BCUT2D eigenvalue weighted by Gasteiger charge is -2.16. The normalized spacial score (nSPS) is 12.2. The number of hydrogen-bond donors (Lipinski definition) is 0. The molecule has 142 valence electrons. The summed E-state index contributed by atoms with van der Waals surface area (Å²) < 4.78 is 9.12. The SMILES string of the molecule is CCn1c(SCc2cccc(Br)c2)nnc1C(C)Oc1cc(Cl)ccc1Cl. The van der Waals surface area contributed by atoms with E-state index in [9.17, 15) is 0 Å². The second-order valence-corrected chi connectivity index (χ2v) is 8.54. The van der Waals surface area contributed by atoms with Crippen LogP contribution in [0.3, 0.4) is 0 Å². The first-order chi connectivity index (χ1) is 13.0. The van der Waals surface area contributed by atoms with Crippen molar-refractivity contribution in [1.29, 1.82) is 0 Å². The van der Waals surface area contributed by atoms with Crippen molar-refractivity contribution in [2.75, 3.05) is 0 Å². The zero-order chi connectivity index (χ0) is 19.4. The molecule has 0 amide bonds. The topological polar surface area (TPSA) is 39.9 Å². The van der Waals surface area contributed by atoms with E-state index in [1.165, 1.54) is 5.56 Å². The molecule has 0 saturated heterocycles. The maximum absolute atomic E-state index is 6.20. The van der Waals surface area contributed by atoms with Gasteiger partial charge in [0.05, 0.1) is 5.02 Å². The van der Waals surface area contributed by atoms with E-state index in [0.29, 0.717) is 15.8 Å². The molecule has 3 rings (SSSR count). The van der Waals surface area contributed by atoms with Gasteiger partial charge in [-0.05, 0) is 43.7 Å². The van der Waals surface area contributed by atoms with Gasteiger partial charge in [-0.3, -0.25) is 0 Å². The fourth-order valence-corrected chi connectivity index (χ4v) is 4.31. The number of hydrogen-bond acceptors (Lipinski definition) is 4. The van der Waals surface area contributed by atoms with Gasteiger partial charge in [0.1, 0.15) is 5.75 Å². The minimum absolute atomic E-state index is 0.311. The van der Waals surface area contributed by atoms with Gasteiger partial charge in [0.15, 0.2) is 17.1 Å². The summed E-state index contributed by atoms with van der Waals surface area (Å²) in [6, 6.07) is 13.4. The number of rotatable bonds is 7. The Morgan fingerprint density at radius 3 is 2.74 bits per heavy atom. The first-order valence-electron chi connectivity index (χ1n) is 8.40. The molecule has 3 aromatic rings. The second kappa shape index (κ2) is 9.32. The van der Waals surface area contributed by atoms with Gasteiger partial charge in [-0.25, -0.2) is 0 Å². The smallest absolute Gasteiger partial charge is 0.191 e. The van der Waals surface area contributed by atoms with E-state index >= 15 is 0 Å². The maximum Gasteiger partial charge on any atom is 0.191 e. The third kappa shape index (κ3) is 5.19. The minimum atomic E-state index is -0.311. The average molecular weight is 487 g/mol. The molecule has 0 bridgehead atoms. The van der Waals surface area contributed by atoms with Crippen LogP contribution in [0.25, 0.3) is 0 Å². The molecule has 0 saturated carbocycles. The fraction of sp³-hybridized carbons (Fsp3) is 0.263. The molecular weight excluding hydrogens is 469 g/mol. The van der Waals surface area contributed by atoms with Crippen LogP contribution in [0.5, 0.6) is 5.75 Å². The van der Waals surface area contributed by atoms with Crippen molar-refractivity contribution in [1.82, 2.24) is 14.8 Å². The van der Waals surface area contributed by atoms with Crippen LogP contribution < -0.4 is 4.74 Å². The number of halogens is 3. The highest BCUT2D eigenvalue weighted by molar-refractivity contribution is 9.10. The lowest BCUT2D eigenvalue weighted by Crippen LogP contribution is -2.12. The van der Waals surface area contributed by atoms with Crippen LogP contribution >= 0.6 is 50.9 Å². The third-order valence-electron chi connectivity index (χ3n) is 3.88. The first kappa shape index (κ1) is 20.5. The van der Waals surface area contributed by atoms with Crippen LogP contribution in [-0.2, 0) is 12.3 Å². The predicted molar refractivity (Wildman–Crippen MR) is 115 cm³/mol. The Labute approximate surface area is 181 Å². The monoisotopic (exact) mass is 485 g/mol. The average Bonchev–Trinajstić information content (AvgIpc) is 3.06. The summed E-state index contributed by atoms with van der Waals surface area (Å²) in [4.78, 5) is 0. The third-order valence-corrected chi connectivity index (χ3v) is 5.96. The van der Waals surface area contributed by atoms with Gasteiger partial charge in [-0.15, -0.1) is 10.2 Å². The molecule has 4 nitrogen and oxygen atoms in total. The van der Waals surface area contributed by atoms with Crippen LogP contribution in [0.4, 0.5) is 0 Å². The molecule has 0 fully saturated rings. The van der Waals surface area contributed by atoms with E-state index in [0.717, 1.165) is 27.8 Å². The predicted octanol–water partition coefficient (Wildman–Crippen LogP) is 6.80. The Morgan fingerprint density at radius 1 is 1.19 bits per heavy atom. The molecule has 0 aliphatic rings. The molecule has 1 atom stereocenters. The number of ether oxygens (including phenoxy) is 1. The zero-order valence-electron chi connectivity index (χ0n) is 14.8. The van der Waals surface area contributed by atoms with Crippen LogP contribution in [-0.4, -0.2) is 14.8 Å². The van der Waals surface area contributed by atoms with E-state index < -0.39 is 0 Å². The van der Waals surface area contributed by atoms with Gasteiger partial charge < -0.3 is 9.30 Å². The van der Waals surface area contributed by atoms with E-state index in [1.54, 1.807) is 30.0 Å². The lowest BCUT2D eigenvalue weighted by molar-refractivity contribution is 0.210. The largest absolute Gasteiger partial charge is 0.481 e. The molecule has 1 aromatic heterocycles. The molecule has 0 aliphatic heterocycles. The molecule has 8 heteroatoms. The Balaban J connectivity index is 1.75. The molecule has 27 heavy (non-hydrogen) atoms. The molecule has 0 N–H and O–H groups in total. The van der Waals surface area contributed by atoms with Crippen LogP contribution in [0.2, 0.25) is 10.0 Å². The molecule has 0 aliphatic carbocycles. The quantitative estimate of drug-likeness (QED) is 0.344. The minimum Gasteiger partial charge on any atom is -0.481 e. The Hall–Kier alpha value is -1.21. The van der Waals surface area contributed by atoms with Gasteiger partial charge in [-0.1, -0.05) is 63.0 Å². The standard InChI is InChI=1S/C19H18BrCl2N3OS/c1-3-25-18(12(2)26-17-10-15(21)7-8-16(17)22)23-24-19(25)27-11-13-5-4-6-14(20)9-13/h4-10,12H,3,11H2,1-2H3. The van der Waals surface area contributed by atoms with Crippen LogP contribution in [0, 0.1) is 0 Å². The highest BCUT2D eigenvalue weighted by atomic mass is 79.9. The number of benzene rings is 2. The van der Waals surface area contributed by atoms with Gasteiger partial charge >= 0.3 is 0 Å². The summed E-state index contributed by atoms with van der Waals surface area (Å²) in [5, 5.41) is 10.6. The molecule has 0 radical (unpaired) electrons. The van der Waals surface area contributed by atoms with Crippen molar-refractivity contribution >= 4 is 50.9 Å². The molecule has 1 unspecified atom stereocenters. The highest BCUT2D eigenvalue weighted by Crippen LogP contribution is 2.32. The molecule has 0 spiro atoms. The summed E-state index contributed by atoms with van der Waals surface area (Å²) in [5.41, 5.74) is 1.22. The summed E-state index contributed by atoms with van der Waals surface area (Å²) in [6.07, 6.45) is -0.311. The lowest BCUT2D eigenvalue weighted by atomic mass is 10.2. The van der Waals surface area contributed by atoms with Crippen molar-refractivity contribution in [3.8, 4) is 5.75 Å². The van der Waals surface area contributed by atoms with Crippen molar-refractivity contribution in [3.63, 3.8) is 0 Å². The summed E-state index contributed by atoms with van der Waals surface area (Å²) >= 11 is 17.4. The highest BCUT2D eigenvalue weighted by Gasteiger charge is 2.20. The van der Waals surface area contributed by atoms with Gasteiger partial charge in [0.25, 0.3) is 0 Å². The summed E-state index contributed by atoms with van der Waals surface area (Å²) in [6.45, 7) is 4.74. The second-order valence-electron chi connectivity index (χ2n) is 5.84. The van der Waals surface area contributed by atoms with E-state index in [2.05, 4.69) is 49.8 Å². The fourth-order valence-electron chi connectivity index (χ4n) is 2.59. The maximum atomic E-state index is 6.20. The molecule has 1 heterocycles. The molecular formula is C19H18BrCl2N3OS. The Bertz CT molecular complexity index is 935. The van der Waals surface area contributed by atoms with Gasteiger partial charge in [-0.2, -0.15) is 0 Å².